The van der Waals surface area contributed by atoms with Gasteiger partial charge >= 0.3 is 0 Å². The van der Waals surface area contributed by atoms with E-state index in [1.165, 1.54) is 32.0 Å². The van der Waals surface area contributed by atoms with Crippen LogP contribution in [0.15, 0.2) is 84.9 Å². The van der Waals surface area contributed by atoms with Crippen molar-refractivity contribution >= 4 is 22.7 Å². The smallest absolute Gasteiger partial charge is 0.0390 e. The highest BCUT2D eigenvalue weighted by atomic mass is 32.1. The summed E-state index contributed by atoms with van der Waals surface area (Å²) in [7, 11) is 0. The second kappa shape index (κ2) is 8.67. The zero-order valence-electron chi connectivity index (χ0n) is 17.3. The molecular formula is C27H27NS. The van der Waals surface area contributed by atoms with Gasteiger partial charge in [-0.3, -0.25) is 0 Å². The summed E-state index contributed by atoms with van der Waals surface area (Å²) < 4.78 is 0. The molecule has 146 valence electrons. The van der Waals surface area contributed by atoms with Crippen LogP contribution in [0.1, 0.15) is 37.8 Å². The highest BCUT2D eigenvalue weighted by Crippen LogP contribution is 2.37. The molecule has 1 aromatic heterocycles. The molecule has 29 heavy (non-hydrogen) atoms. The van der Waals surface area contributed by atoms with E-state index in [1.807, 2.05) is 11.3 Å². The molecule has 0 saturated heterocycles. The van der Waals surface area contributed by atoms with Gasteiger partial charge in [-0.2, -0.15) is 0 Å². The Morgan fingerprint density at radius 3 is 2.28 bits per heavy atom. The van der Waals surface area contributed by atoms with Gasteiger partial charge in [0.25, 0.3) is 0 Å². The topological polar surface area (TPSA) is 12.0 Å². The van der Waals surface area contributed by atoms with Crippen molar-refractivity contribution in [3.63, 3.8) is 0 Å². The van der Waals surface area contributed by atoms with Crippen LogP contribution in [0.5, 0.6) is 0 Å². The molecule has 3 aromatic carbocycles. The lowest BCUT2D eigenvalue weighted by molar-refractivity contribution is 0.867. The molecule has 0 bridgehead atoms. The van der Waals surface area contributed by atoms with Gasteiger partial charge in [-0.05, 0) is 71.0 Å². The Morgan fingerprint density at radius 1 is 0.759 bits per heavy atom. The number of hydrogen-bond donors (Lipinski definition) is 1. The van der Waals surface area contributed by atoms with Crippen LogP contribution in [0.3, 0.4) is 0 Å². The number of aryl methyl sites for hydroxylation is 1. The van der Waals surface area contributed by atoms with Gasteiger partial charge in [0.2, 0.25) is 0 Å². The Kier molecular flexibility index (Phi) is 5.82. The summed E-state index contributed by atoms with van der Waals surface area (Å²) in [5.74, 6) is 0.527. The second-order valence-electron chi connectivity index (χ2n) is 7.66. The van der Waals surface area contributed by atoms with Gasteiger partial charge in [0.1, 0.15) is 0 Å². The molecule has 1 nitrogen and oxygen atoms in total. The third-order valence-corrected chi connectivity index (χ3v) is 6.43. The zero-order valence-corrected chi connectivity index (χ0v) is 18.1. The molecule has 0 atom stereocenters. The van der Waals surface area contributed by atoms with Gasteiger partial charge in [0, 0.05) is 21.1 Å². The van der Waals surface area contributed by atoms with E-state index in [9.17, 15) is 0 Å². The maximum atomic E-state index is 3.57. The van der Waals surface area contributed by atoms with Gasteiger partial charge in [-0.15, -0.1) is 11.3 Å². The third kappa shape index (κ3) is 4.44. The summed E-state index contributed by atoms with van der Waals surface area (Å²) in [5, 5.41) is 3.57. The molecule has 0 saturated carbocycles. The van der Waals surface area contributed by atoms with Crippen LogP contribution in [-0.4, -0.2) is 0 Å². The number of rotatable bonds is 6. The van der Waals surface area contributed by atoms with Crippen molar-refractivity contribution in [1.29, 1.82) is 0 Å². The average Bonchev–Trinajstić information content (AvgIpc) is 3.24. The lowest BCUT2D eigenvalue weighted by Gasteiger charge is -2.11. The molecule has 2 heteroatoms. The molecule has 4 rings (SSSR count). The molecule has 1 N–H and O–H groups in total. The first-order valence-corrected chi connectivity index (χ1v) is 11.1. The Balaban J connectivity index is 1.60. The normalized spacial score (nSPS) is 11.0. The summed E-state index contributed by atoms with van der Waals surface area (Å²) in [5.41, 5.74) is 7.61. The van der Waals surface area contributed by atoms with Crippen molar-refractivity contribution in [2.45, 2.75) is 33.1 Å². The Bertz CT molecular complexity index is 1110. The van der Waals surface area contributed by atoms with E-state index >= 15 is 0 Å². The minimum atomic E-state index is 0.527. The fourth-order valence-electron chi connectivity index (χ4n) is 3.60. The average molecular weight is 398 g/mol. The first kappa shape index (κ1) is 19.5. The van der Waals surface area contributed by atoms with Crippen LogP contribution in [0, 0.1) is 0 Å². The summed E-state index contributed by atoms with van der Waals surface area (Å²) in [4.78, 5) is 2.63. The Morgan fingerprint density at radius 2 is 1.48 bits per heavy atom. The minimum Gasteiger partial charge on any atom is -0.356 e. The van der Waals surface area contributed by atoms with Crippen molar-refractivity contribution in [2.75, 3.05) is 5.32 Å². The van der Waals surface area contributed by atoms with E-state index in [0.29, 0.717) is 5.92 Å². The molecule has 4 aromatic rings. The summed E-state index contributed by atoms with van der Waals surface area (Å²) in [6.45, 7) is 6.67. The van der Waals surface area contributed by atoms with Crippen LogP contribution < -0.4 is 5.32 Å². The summed E-state index contributed by atoms with van der Waals surface area (Å²) >= 11 is 1.86. The van der Waals surface area contributed by atoms with Gasteiger partial charge in [0.05, 0.1) is 0 Å². The van der Waals surface area contributed by atoms with E-state index in [4.69, 9.17) is 0 Å². The predicted molar refractivity (Wildman–Crippen MR) is 128 cm³/mol. The van der Waals surface area contributed by atoms with E-state index in [2.05, 4.69) is 111 Å². The molecule has 0 radical (unpaired) electrons. The second-order valence-corrected chi connectivity index (χ2v) is 8.74. The van der Waals surface area contributed by atoms with Crippen molar-refractivity contribution in [2.24, 2.45) is 0 Å². The molecule has 0 aliphatic carbocycles. The first-order valence-electron chi connectivity index (χ1n) is 10.3. The highest BCUT2D eigenvalue weighted by Gasteiger charge is 2.09. The molecule has 1 heterocycles. The number of hydrogen-bond acceptors (Lipinski definition) is 2. The van der Waals surface area contributed by atoms with Crippen LogP contribution in [0.4, 0.5) is 11.4 Å². The molecule has 0 fully saturated rings. The van der Waals surface area contributed by atoms with Crippen LogP contribution in [0.25, 0.3) is 20.9 Å². The number of nitrogens with one attached hydrogen (secondary N) is 1. The van der Waals surface area contributed by atoms with E-state index in [-0.39, 0.29) is 0 Å². The minimum absolute atomic E-state index is 0.527. The Hall–Kier alpha value is -2.84. The van der Waals surface area contributed by atoms with Crippen LogP contribution >= 0.6 is 11.3 Å². The molecule has 0 aliphatic rings. The standard InChI is InChI=1S/C27H27NS/c1-4-20-9-5-6-14-25(20)27-16-15-26(29-27)22-11-8-13-24(18-22)28-23-12-7-10-21(17-23)19(2)3/h5-19,28H,4H2,1-3H3. The molecule has 0 unspecified atom stereocenters. The maximum absolute atomic E-state index is 3.57. The summed E-state index contributed by atoms with van der Waals surface area (Å²) in [6, 6.07) is 30.6. The van der Waals surface area contributed by atoms with Crippen molar-refractivity contribution in [3.8, 4) is 20.9 Å². The Labute approximate surface area is 178 Å². The highest BCUT2D eigenvalue weighted by molar-refractivity contribution is 7.18. The molecule has 0 spiro atoms. The lowest BCUT2D eigenvalue weighted by Crippen LogP contribution is -1.93. The molecule has 0 aliphatic heterocycles. The SMILES string of the molecule is CCc1ccccc1-c1ccc(-c2cccc(Nc3cccc(C(C)C)c3)c2)s1. The van der Waals surface area contributed by atoms with Gasteiger partial charge in [-0.25, -0.2) is 0 Å². The van der Waals surface area contributed by atoms with Crippen LogP contribution in [-0.2, 0) is 6.42 Å². The quantitative estimate of drug-likeness (QED) is 0.344. The van der Waals surface area contributed by atoms with Crippen molar-refractivity contribution in [1.82, 2.24) is 0 Å². The number of anilines is 2. The van der Waals surface area contributed by atoms with Crippen LogP contribution in [0.2, 0.25) is 0 Å². The van der Waals surface area contributed by atoms with Gasteiger partial charge in [0.15, 0.2) is 0 Å². The molecule has 0 amide bonds. The van der Waals surface area contributed by atoms with E-state index in [1.54, 1.807) is 0 Å². The zero-order chi connectivity index (χ0) is 20.2. The largest absolute Gasteiger partial charge is 0.356 e. The number of benzene rings is 3. The lowest BCUT2D eigenvalue weighted by atomic mass is 10.0. The number of thiophene rings is 1. The van der Waals surface area contributed by atoms with E-state index in [0.717, 1.165) is 17.8 Å². The van der Waals surface area contributed by atoms with Gasteiger partial charge in [-0.1, -0.05) is 69.3 Å². The van der Waals surface area contributed by atoms with Gasteiger partial charge < -0.3 is 5.32 Å². The third-order valence-electron chi connectivity index (χ3n) is 5.26. The monoisotopic (exact) mass is 397 g/mol. The molecular weight excluding hydrogens is 370 g/mol. The maximum Gasteiger partial charge on any atom is 0.0390 e. The van der Waals surface area contributed by atoms with E-state index < -0.39 is 0 Å². The first-order chi connectivity index (χ1) is 14.1. The fourth-order valence-corrected chi connectivity index (χ4v) is 4.66. The summed E-state index contributed by atoms with van der Waals surface area (Å²) in [6.07, 6.45) is 1.05. The fraction of sp³-hybridized carbons (Fsp3) is 0.185. The van der Waals surface area contributed by atoms with Crippen molar-refractivity contribution in [3.05, 3.63) is 96.1 Å². The van der Waals surface area contributed by atoms with Crippen molar-refractivity contribution < 1.29 is 0 Å². The predicted octanol–water partition coefficient (Wildman–Crippen LogP) is 8.51.